The van der Waals surface area contributed by atoms with Gasteiger partial charge in [-0.1, -0.05) is 23.4 Å². The molecule has 10 heteroatoms. The van der Waals surface area contributed by atoms with Crippen molar-refractivity contribution in [2.75, 3.05) is 5.32 Å². The van der Waals surface area contributed by atoms with E-state index < -0.39 is 40.9 Å². The van der Waals surface area contributed by atoms with Gasteiger partial charge in [-0.25, -0.2) is 13.2 Å². The number of anilines is 1. The number of nitrogens with one attached hydrogen (secondary N) is 3. The first kappa shape index (κ1) is 21.2. The van der Waals surface area contributed by atoms with Gasteiger partial charge in [0.25, 0.3) is 5.91 Å². The first-order chi connectivity index (χ1) is 15.3. The van der Waals surface area contributed by atoms with Crippen LogP contribution >= 0.6 is 0 Å². The van der Waals surface area contributed by atoms with Gasteiger partial charge in [0.1, 0.15) is 11.8 Å². The number of aromatic amines is 1. The molecule has 32 heavy (non-hydrogen) atoms. The van der Waals surface area contributed by atoms with Gasteiger partial charge in [-0.2, -0.15) is 0 Å². The molecular formula is C22H17F3N4O3. The summed E-state index contributed by atoms with van der Waals surface area (Å²) in [5.74, 6) is -5.97. The maximum Gasteiger partial charge on any atom is 0.255 e. The monoisotopic (exact) mass is 442 g/mol. The lowest BCUT2D eigenvalue weighted by Gasteiger charge is -2.18. The van der Waals surface area contributed by atoms with Crippen LogP contribution in [0, 0.1) is 24.4 Å². The maximum absolute atomic E-state index is 14.1. The van der Waals surface area contributed by atoms with Crippen LogP contribution in [0.3, 0.4) is 0 Å². The van der Waals surface area contributed by atoms with Crippen LogP contribution in [0.5, 0.6) is 0 Å². The van der Waals surface area contributed by atoms with Gasteiger partial charge in [-0.05, 0) is 30.7 Å². The molecule has 2 amide bonds. The number of carbonyl (C=O) groups excluding carboxylic acids is 2. The summed E-state index contributed by atoms with van der Waals surface area (Å²) in [4.78, 5) is 28.6. The van der Waals surface area contributed by atoms with Crippen molar-refractivity contribution < 1.29 is 27.3 Å². The third-order valence-electron chi connectivity index (χ3n) is 4.88. The predicted octanol–water partition coefficient (Wildman–Crippen LogP) is 3.86. The van der Waals surface area contributed by atoms with Gasteiger partial charge in [0.05, 0.1) is 5.56 Å². The maximum atomic E-state index is 14.1. The average Bonchev–Trinajstić information content (AvgIpc) is 3.37. The van der Waals surface area contributed by atoms with Crippen LogP contribution in [0.25, 0.3) is 10.9 Å². The Morgan fingerprint density at radius 2 is 1.91 bits per heavy atom. The lowest BCUT2D eigenvalue weighted by atomic mass is 10.0. The van der Waals surface area contributed by atoms with Crippen molar-refractivity contribution in [3.05, 3.63) is 83.0 Å². The van der Waals surface area contributed by atoms with Crippen molar-refractivity contribution >= 4 is 28.5 Å². The second kappa shape index (κ2) is 8.58. The molecule has 0 aliphatic carbocycles. The van der Waals surface area contributed by atoms with Gasteiger partial charge in [-0.3, -0.25) is 9.59 Å². The molecule has 1 atom stereocenters. The second-order valence-electron chi connectivity index (χ2n) is 7.12. The van der Waals surface area contributed by atoms with Crippen LogP contribution in [-0.4, -0.2) is 28.0 Å². The minimum Gasteiger partial charge on any atom is -0.361 e. The van der Waals surface area contributed by atoms with E-state index in [0.29, 0.717) is 17.4 Å². The summed E-state index contributed by atoms with van der Waals surface area (Å²) in [5.41, 5.74) is 0.813. The minimum atomic E-state index is -1.77. The normalized spacial score (nSPS) is 12.0. The number of amides is 2. The zero-order valence-corrected chi connectivity index (χ0v) is 16.7. The average molecular weight is 442 g/mol. The molecule has 2 aromatic heterocycles. The Bertz CT molecular complexity index is 1310. The molecule has 4 rings (SSSR count). The number of aromatic nitrogens is 2. The number of H-pyrrole nitrogens is 1. The fraction of sp³-hybridized carbons (Fsp3) is 0.136. The summed E-state index contributed by atoms with van der Waals surface area (Å²) in [6.07, 6.45) is 1.72. The van der Waals surface area contributed by atoms with Gasteiger partial charge in [0.2, 0.25) is 5.91 Å². The standard InChI is InChI=1S/C22H17F3N4O3/c1-11-8-18(29-32-11)28-22(31)17(9-12-10-26-16-5-3-2-4-13(12)16)27-21(30)14-6-7-15(23)20(25)19(14)24/h2-8,10,17,26H,9H2,1H3,(H,27,30)(H,28,29,31)/t17-/m0/s1. The van der Waals surface area contributed by atoms with Gasteiger partial charge in [-0.15, -0.1) is 0 Å². The number of hydrogen-bond donors (Lipinski definition) is 3. The number of fused-ring (bicyclic) bond motifs is 1. The van der Waals surface area contributed by atoms with E-state index in [4.69, 9.17) is 4.52 Å². The fourth-order valence-electron chi connectivity index (χ4n) is 3.31. The highest BCUT2D eigenvalue weighted by Gasteiger charge is 2.26. The van der Waals surface area contributed by atoms with E-state index in [0.717, 1.165) is 17.0 Å². The SMILES string of the molecule is Cc1cc(NC(=O)[C@H](Cc2c[nH]c3ccccc23)NC(=O)c2ccc(F)c(F)c2F)no1. The molecule has 0 fully saturated rings. The van der Waals surface area contributed by atoms with Crippen molar-refractivity contribution in [3.8, 4) is 0 Å². The Morgan fingerprint density at radius 3 is 2.66 bits per heavy atom. The van der Waals surface area contributed by atoms with Gasteiger partial charge < -0.3 is 20.1 Å². The zero-order valence-electron chi connectivity index (χ0n) is 16.7. The highest BCUT2D eigenvalue weighted by molar-refractivity contribution is 6.01. The number of benzene rings is 2. The second-order valence-corrected chi connectivity index (χ2v) is 7.12. The predicted molar refractivity (Wildman–Crippen MR) is 109 cm³/mol. The molecule has 3 N–H and O–H groups in total. The fourth-order valence-corrected chi connectivity index (χ4v) is 3.31. The summed E-state index contributed by atoms with van der Waals surface area (Å²) in [6, 6.07) is 9.10. The molecule has 0 unspecified atom stereocenters. The molecule has 7 nitrogen and oxygen atoms in total. The Hall–Kier alpha value is -4.08. The van der Waals surface area contributed by atoms with E-state index in [-0.39, 0.29) is 12.2 Å². The Labute approximate surface area is 179 Å². The molecule has 0 aliphatic heterocycles. The van der Waals surface area contributed by atoms with Crippen molar-refractivity contribution in [2.45, 2.75) is 19.4 Å². The van der Waals surface area contributed by atoms with E-state index in [2.05, 4.69) is 20.8 Å². The molecule has 0 aliphatic rings. The van der Waals surface area contributed by atoms with E-state index in [1.54, 1.807) is 13.1 Å². The molecular weight excluding hydrogens is 425 g/mol. The first-order valence-electron chi connectivity index (χ1n) is 9.57. The topological polar surface area (TPSA) is 100 Å². The molecule has 2 heterocycles. The summed E-state index contributed by atoms with van der Waals surface area (Å²) < 4.78 is 45.8. The number of para-hydroxylation sites is 1. The number of rotatable bonds is 6. The van der Waals surface area contributed by atoms with Crippen molar-refractivity contribution in [3.63, 3.8) is 0 Å². The van der Waals surface area contributed by atoms with Crippen LogP contribution in [0.2, 0.25) is 0 Å². The largest absolute Gasteiger partial charge is 0.361 e. The van der Waals surface area contributed by atoms with Crippen molar-refractivity contribution in [1.29, 1.82) is 0 Å². The highest BCUT2D eigenvalue weighted by atomic mass is 19.2. The van der Waals surface area contributed by atoms with Gasteiger partial charge in [0, 0.05) is 29.6 Å². The zero-order chi connectivity index (χ0) is 22.8. The molecule has 164 valence electrons. The van der Waals surface area contributed by atoms with Crippen molar-refractivity contribution in [1.82, 2.24) is 15.5 Å². The number of hydrogen-bond acceptors (Lipinski definition) is 4. The minimum absolute atomic E-state index is 0.0315. The number of carbonyl (C=O) groups is 2. The van der Waals surface area contributed by atoms with Gasteiger partial charge in [0.15, 0.2) is 23.3 Å². The number of nitrogens with zero attached hydrogens (tertiary/aromatic N) is 1. The number of halogens is 3. The molecule has 4 aromatic rings. The summed E-state index contributed by atoms with van der Waals surface area (Å²) in [7, 11) is 0. The Morgan fingerprint density at radius 1 is 1.12 bits per heavy atom. The highest BCUT2D eigenvalue weighted by Crippen LogP contribution is 2.21. The first-order valence-corrected chi connectivity index (χ1v) is 9.57. The van der Waals surface area contributed by atoms with E-state index in [1.165, 1.54) is 6.07 Å². The number of aryl methyl sites for hydroxylation is 1. The van der Waals surface area contributed by atoms with Crippen LogP contribution in [0.4, 0.5) is 19.0 Å². The molecule has 0 spiro atoms. The van der Waals surface area contributed by atoms with Crippen molar-refractivity contribution in [2.24, 2.45) is 0 Å². The Balaban J connectivity index is 1.62. The summed E-state index contributed by atoms with van der Waals surface area (Å²) in [5, 5.41) is 9.43. The molecule has 2 aromatic carbocycles. The van der Waals surface area contributed by atoms with E-state index >= 15 is 0 Å². The van der Waals surface area contributed by atoms with E-state index in [9.17, 15) is 22.8 Å². The van der Waals surface area contributed by atoms with Crippen LogP contribution in [0.15, 0.2) is 53.2 Å². The molecule has 0 saturated carbocycles. The molecule has 0 radical (unpaired) electrons. The van der Waals surface area contributed by atoms with Crippen LogP contribution < -0.4 is 10.6 Å². The van der Waals surface area contributed by atoms with Gasteiger partial charge >= 0.3 is 0 Å². The van der Waals surface area contributed by atoms with Crippen LogP contribution in [0.1, 0.15) is 21.7 Å². The lowest BCUT2D eigenvalue weighted by molar-refractivity contribution is -0.118. The smallest absolute Gasteiger partial charge is 0.255 e. The summed E-state index contributed by atoms with van der Waals surface area (Å²) in [6.45, 7) is 1.64. The van der Waals surface area contributed by atoms with E-state index in [1.807, 2.05) is 24.3 Å². The summed E-state index contributed by atoms with van der Waals surface area (Å²) >= 11 is 0. The third-order valence-corrected chi connectivity index (χ3v) is 4.88. The molecule has 0 saturated heterocycles. The molecule has 0 bridgehead atoms. The van der Waals surface area contributed by atoms with Crippen LogP contribution in [-0.2, 0) is 11.2 Å². The Kier molecular flexibility index (Phi) is 5.67. The third kappa shape index (κ3) is 4.20. The lowest BCUT2D eigenvalue weighted by Crippen LogP contribution is -2.45. The quantitative estimate of drug-likeness (QED) is 0.395.